The zero-order valence-corrected chi connectivity index (χ0v) is 16.1. The van der Waals surface area contributed by atoms with Crippen LogP contribution in [0, 0.1) is 0 Å². The first kappa shape index (κ1) is 17.2. The monoisotopic (exact) mass is 381 g/mol. The lowest BCUT2D eigenvalue weighted by Crippen LogP contribution is -2.47. The van der Waals surface area contributed by atoms with E-state index < -0.39 is 0 Å². The van der Waals surface area contributed by atoms with E-state index in [2.05, 4.69) is 37.0 Å². The maximum Gasteiger partial charge on any atom is 0.182 e. The fourth-order valence-corrected chi connectivity index (χ4v) is 4.47. The molecule has 1 spiro atoms. The van der Waals surface area contributed by atoms with Gasteiger partial charge in [-0.3, -0.25) is 0 Å². The fraction of sp³-hybridized carbons (Fsp3) is 0.450. The number of methoxy groups -OCH3 is 2. The smallest absolute Gasteiger partial charge is 0.182 e. The molecular formula is C20H23N5O3. The molecule has 0 unspecified atom stereocenters. The number of hydrogen-bond donors (Lipinski definition) is 1. The topological polar surface area (TPSA) is 85.4 Å². The van der Waals surface area contributed by atoms with Gasteiger partial charge in [-0.1, -0.05) is 0 Å². The average Bonchev–Trinajstić information content (AvgIpc) is 3.23. The summed E-state index contributed by atoms with van der Waals surface area (Å²) in [5.74, 6) is 2.43. The summed E-state index contributed by atoms with van der Waals surface area (Å²) in [7, 11) is 3.35. The number of benzene rings is 1. The number of piperidine rings is 1. The third-order valence-corrected chi connectivity index (χ3v) is 5.92. The Morgan fingerprint density at radius 3 is 2.64 bits per heavy atom. The molecule has 2 aliphatic heterocycles. The second-order valence-corrected chi connectivity index (χ2v) is 7.24. The van der Waals surface area contributed by atoms with Crippen molar-refractivity contribution in [1.82, 2.24) is 19.9 Å². The van der Waals surface area contributed by atoms with Gasteiger partial charge in [-0.25, -0.2) is 15.0 Å². The minimum absolute atomic E-state index is 0.288. The van der Waals surface area contributed by atoms with Crippen LogP contribution in [0.1, 0.15) is 24.0 Å². The van der Waals surface area contributed by atoms with Crippen molar-refractivity contribution in [3.63, 3.8) is 0 Å². The summed E-state index contributed by atoms with van der Waals surface area (Å²) in [6, 6.07) is 4.20. The first-order valence-electron chi connectivity index (χ1n) is 9.52. The van der Waals surface area contributed by atoms with E-state index >= 15 is 0 Å². The van der Waals surface area contributed by atoms with Gasteiger partial charge in [0.15, 0.2) is 23.0 Å². The van der Waals surface area contributed by atoms with E-state index in [4.69, 9.17) is 14.2 Å². The number of hydrogen-bond acceptors (Lipinski definition) is 7. The number of nitrogens with one attached hydrogen (secondary N) is 1. The van der Waals surface area contributed by atoms with E-state index in [1.54, 1.807) is 26.9 Å². The summed E-state index contributed by atoms with van der Waals surface area (Å²) in [5, 5.41) is 0. The quantitative estimate of drug-likeness (QED) is 0.746. The SMILES string of the molecule is COc1cc2c(cc1OC)C1(CCN(c3ncnc4nc[nH]c34)CC1)OCC2. The lowest BCUT2D eigenvalue weighted by molar-refractivity contribution is -0.0768. The normalized spacial score (nSPS) is 18.3. The van der Waals surface area contributed by atoms with E-state index in [1.165, 1.54) is 11.1 Å². The van der Waals surface area contributed by atoms with Crippen molar-refractivity contribution in [3.05, 3.63) is 35.9 Å². The van der Waals surface area contributed by atoms with Gasteiger partial charge < -0.3 is 24.1 Å². The zero-order chi connectivity index (χ0) is 19.1. The molecule has 2 aromatic heterocycles. The maximum absolute atomic E-state index is 6.39. The van der Waals surface area contributed by atoms with Crippen LogP contribution in [0.5, 0.6) is 11.5 Å². The molecular weight excluding hydrogens is 358 g/mol. The first-order chi connectivity index (χ1) is 13.7. The van der Waals surface area contributed by atoms with E-state index in [0.29, 0.717) is 5.65 Å². The van der Waals surface area contributed by atoms with E-state index in [9.17, 15) is 0 Å². The number of anilines is 1. The van der Waals surface area contributed by atoms with Crippen LogP contribution in [0.2, 0.25) is 0 Å². The van der Waals surface area contributed by atoms with Crippen molar-refractivity contribution in [2.24, 2.45) is 0 Å². The van der Waals surface area contributed by atoms with E-state index in [0.717, 1.165) is 61.8 Å². The molecule has 146 valence electrons. The van der Waals surface area contributed by atoms with Gasteiger partial charge in [0, 0.05) is 13.1 Å². The molecule has 0 bridgehead atoms. The van der Waals surface area contributed by atoms with Crippen LogP contribution < -0.4 is 14.4 Å². The third kappa shape index (κ3) is 2.59. The van der Waals surface area contributed by atoms with Gasteiger partial charge in [0.1, 0.15) is 11.8 Å². The van der Waals surface area contributed by atoms with Gasteiger partial charge in [0.05, 0.1) is 32.8 Å². The number of imidazole rings is 1. The number of aromatic amines is 1. The number of aromatic nitrogens is 4. The van der Waals surface area contributed by atoms with E-state index in [-0.39, 0.29) is 5.60 Å². The molecule has 0 aliphatic carbocycles. The lowest BCUT2D eigenvalue weighted by Gasteiger charge is -2.45. The number of H-pyrrole nitrogens is 1. The molecule has 0 radical (unpaired) electrons. The molecule has 1 N–H and O–H groups in total. The zero-order valence-electron chi connectivity index (χ0n) is 16.1. The van der Waals surface area contributed by atoms with E-state index in [1.807, 2.05) is 0 Å². The molecule has 3 aromatic rings. The summed E-state index contributed by atoms with van der Waals surface area (Å²) in [6.45, 7) is 2.42. The van der Waals surface area contributed by atoms with Gasteiger partial charge in [0.25, 0.3) is 0 Å². The van der Waals surface area contributed by atoms with Crippen LogP contribution in [0.15, 0.2) is 24.8 Å². The summed E-state index contributed by atoms with van der Waals surface area (Å²) < 4.78 is 17.4. The van der Waals surface area contributed by atoms with Crippen molar-refractivity contribution < 1.29 is 14.2 Å². The van der Waals surface area contributed by atoms with Crippen molar-refractivity contribution in [3.8, 4) is 11.5 Å². The van der Waals surface area contributed by atoms with Gasteiger partial charge in [-0.05, 0) is 42.5 Å². The number of rotatable bonds is 3. The molecule has 0 saturated carbocycles. The molecule has 4 heterocycles. The van der Waals surface area contributed by atoms with Crippen LogP contribution >= 0.6 is 0 Å². The Labute approximate surface area is 162 Å². The van der Waals surface area contributed by atoms with Crippen LogP contribution in [-0.4, -0.2) is 53.9 Å². The predicted molar refractivity (Wildman–Crippen MR) is 104 cm³/mol. The Morgan fingerprint density at radius 2 is 1.86 bits per heavy atom. The summed E-state index contributed by atoms with van der Waals surface area (Å²) >= 11 is 0. The summed E-state index contributed by atoms with van der Waals surface area (Å²) in [4.78, 5) is 18.4. The molecule has 0 amide bonds. The van der Waals surface area contributed by atoms with Gasteiger partial charge in [0.2, 0.25) is 0 Å². The second kappa shape index (κ2) is 6.63. The Bertz CT molecular complexity index is 1010. The fourth-order valence-electron chi connectivity index (χ4n) is 4.47. The van der Waals surface area contributed by atoms with Crippen molar-refractivity contribution >= 4 is 17.0 Å². The van der Waals surface area contributed by atoms with Crippen LogP contribution in [0.3, 0.4) is 0 Å². The highest BCUT2D eigenvalue weighted by Crippen LogP contribution is 2.45. The Hall–Kier alpha value is -2.87. The molecule has 28 heavy (non-hydrogen) atoms. The molecule has 1 fully saturated rings. The molecule has 5 rings (SSSR count). The van der Waals surface area contributed by atoms with Gasteiger partial charge in [-0.15, -0.1) is 0 Å². The van der Waals surface area contributed by atoms with Crippen molar-refractivity contribution in [2.75, 3.05) is 38.8 Å². The summed E-state index contributed by atoms with van der Waals surface area (Å²) in [5.41, 5.74) is 3.81. The van der Waals surface area contributed by atoms with Crippen LogP contribution in [0.25, 0.3) is 11.2 Å². The Balaban J connectivity index is 1.46. The minimum Gasteiger partial charge on any atom is -0.493 e. The second-order valence-electron chi connectivity index (χ2n) is 7.24. The average molecular weight is 381 g/mol. The minimum atomic E-state index is -0.288. The molecule has 1 aromatic carbocycles. The van der Waals surface area contributed by atoms with Crippen molar-refractivity contribution in [1.29, 1.82) is 0 Å². The Morgan fingerprint density at radius 1 is 1.07 bits per heavy atom. The largest absolute Gasteiger partial charge is 0.493 e. The highest BCUT2D eigenvalue weighted by molar-refractivity contribution is 5.82. The first-order valence-corrected chi connectivity index (χ1v) is 9.52. The molecule has 0 atom stereocenters. The molecule has 1 saturated heterocycles. The standard InChI is InChI=1S/C20H23N5O3/c1-26-15-9-13-3-8-28-20(14(13)10-16(15)27-2)4-6-25(7-5-20)19-17-18(22-11-21-17)23-12-24-19/h9-12H,3-8H2,1-2H3,(H,21,22,23,24). The van der Waals surface area contributed by atoms with Crippen LogP contribution in [-0.2, 0) is 16.8 Å². The number of nitrogens with zero attached hydrogens (tertiary/aromatic N) is 4. The predicted octanol–water partition coefficient (Wildman–Crippen LogP) is 2.44. The number of fused-ring (bicyclic) bond motifs is 3. The van der Waals surface area contributed by atoms with Crippen molar-refractivity contribution in [2.45, 2.75) is 24.9 Å². The highest BCUT2D eigenvalue weighted by Gasteiger charge is 2.42. The summed E-state index contributed by atoms with van der Waals surface area (Å²) in [6.07, 6.45) is 5.90. The number of ether oxygens (including phenoxy) is 3. The Kier molecular flexibility index (Phi) is 4.08. The highest BCUT2D eigenvalue weighted by atomic mass is 16.5. The third-order valence-electron chi connectivity index (χ3n) is 5.92. The molecule has 8 nitrogen and oxygen atoms in total. The molecule has 2 aliphatic rings. The molecule has 8 heteroatoms. The van der Waals surface area contributed by atoms with Gasteiger partial charge in [-0.2, -0.15) is 0 Å². The lowest BCUT2D eigenvalue weighted by atomic mass is 9.79. The van der Waals surface area contributed by atoms with Crippen LogP contribution in [0.4, 0.5) is 5.82 Å². The maximum atomic E-state index is 6.39. The van der Waals surface area contributed by atoms with Gasteiger partial charge >= 0.3 is 0 Å².